The average molecular weight is 447 g/mol. The Balaban J connectivity index is -0.0000000208. The Bertz CT molecular complexity index is 56.5. The van der Waals surface area contributed by atoms with Crippen molar-refractivity contribution in [1.29, 1.82) is 0 Å². The van der Waals surface area contributed by atoms with E-state index in [1.807, 2.05) is 0 Å². The zero-order chi connectivity index (χ0) is 4.99. The molecule has 0 aliphatic rings. The zero-order valence-electron chi connectivity index (χ0n) is 5.66. The molecular weight excluding hydrogens is 438 g/mol. The quantitative estimate of drug-likeness (QED) is 0.296. The fourth-order valence-electron chi connectivity index (χ4n) is 0.144. The van der Waals surface area contributed by atoms with E-state index < -0.39 is 0 Å². The molecule has 0 rings (SSSR count). The van der Waals surface area contributed by atoms with Crippen molar-refractivity contribution in [1.82, 2.24) is 0 Å². The molecule has 0 aliphatic heterocycles. The van der Waals surface area contributed by atoms with E-state index in [4.69, 9.17) is 0 Å². The van der Waals surface area contributed by atoms with Crippen molar-refractivity contribution in [2.45, 2.75) is 13.3 Å². The molecule has 64 valence electrons. The molecule has 0 spiro atoms. The molecule has 0 aromatic rings. The van der Waals surface area contributed by atoms with Gasteiger partial charge < -0.3 is 55.7 Å². The van der Waals surface area contributed by atoms with Gasteiger partial charge in [0.25, 0.3) is 0 Å². The summed E-state index contributed by atoms with van der Waals surface area (Å²) < 4.78 is 4.26. The van der Waals surface area contributed by atoms with Crippen molar-refractivity contribution >= 4 is 29.9 Å². The van der Waals surface area contributed by atoms with Gasteiger partial charge in [-0.05, 0) is 0 Å². The first-order valence-electron chi connectivity index (χ1n) is 1.88. The fourth-order valence-corrected chi connectivity index (χ4v) is 0.144. The maximum atomic E-state index is 9.96. The van der Waals surface area contributed by atoms with Crippen LogP contribution in [0.5, 0.6) is 0 Å². The minimum absolute atomic E-state index is 0. The molecule has 0 unspecified atom stereocenters. The standard InChI is InChI=1S/C4H8O2.3BrH.Sn/c1-3-4(5)6-2;;;;/h3H2,1-2H3;3*1H;/p-3. The maximum absolute atomic E-state index is 9.96. The van der Waals surface area contributed by atoms with Crippen molar-refractivity contribution in [2.75, 3.05) is 7.11 Å². The second kappa shape index (κ2) is 22.4. The predicted octanol–water partition coefficient (Wildman–Crippen LogP) is -8.80. The smallest absolute Gasteiger partial charge is 0.305 e. The van der Waals surface area contributed by atoms with Gasteiger partial charge in [0.05, 0.1) is 7.11 Å². The van der Waals surface area contributed by atoms with Crippen LogP contribution >= 0.6 is 0 Å². The van der Waals surface area contributed by atoms with Crippen molar-refractivity contribution < 1.29 is 60.5 Å². The number of esters is 1. The SMILES string of the molecule is CCC(=O)OC.[Br-].[Br-].[Br-].[Sn]. The molecular formula is C4H8Br3O2Sn-3. The van der Waals surface area contributed by atoms with Gasteiger partial charge >= 0.3 is 5.97 Å². The Morgan fingerprint density at radius 1 is 1.30 bits per heavy atom. The van der Waals surface area contributed by atoms with Crippen LogP contribution in [0.3, 0.4) is 0 Å². The summed E-state index contributed by atoms with van der Waals surface area (Å²) in [6.45, 7) is 1.76. The molecule has 4 radical (unpaired) electrons. The van der Waals surface area contributed by atoms with Crippen LogP contribution in [0.15, 0.2) is 0 Å². The first-order valence-corrected chi connectivity index (χ1v) is 1.88. The Kier molecular flexibility index (Phi) is 66.9. The second-order valence-corrected chi connectivity index (χ2v) is 0.930. The van der Waals surface area contributed by atoms with E-state index in [0.717, 1.165) is 0 Å². The summed E-state index contributed by atoms with van der Waals surface area (Å²) in [4.78, 5) is 9.96. The molecule has 0 N–H and O–H groups in total. The van der Waals surface area contributed by atoms with Crippen molar-refractivity contribution in [3.63, 3.8) is 0 Å². The fraction of sp³-hybridized carbons (Fsp3) is 0.750. The molecule has 10 heavy (non-hydrogen) atoms. The Hall–Kier alpha value is 1.71. The molecule has 0 atom stereocenters. The van der Waals surface area contributed by atoms with Gasteiger partial charge in [0.15, 0.2) is 0 Å². The van der Waals surface area contributed by atoms with Gasteiger partial charge in [0.2, 0.25) is 0 Å². The first kappa shape index (κ1) is 29.8. The van der Waals surface area contributed by atoms with E-state index in [-0.39, 0.29) is 80.8 Å². The Morgan fingerprint density at radius 2 is 1.60 bits per heavy atom. The van der Waals surface area contributed by atoms with Crippen LogP contribution in [-0.2, 0) is 9.53 Å². The summed E-state index contributed by atoms with van der Waals surface area (Å²) in [5.74, 6) is -0.157. The number of ether oxygens (including phenoxy) is 1. The summed E-state index contributed by atoms with van der Waals surface area (Å²) in [5, 5.41) is 0. The summed E-state index contributed by atoms with van der Waals surface area (Å²) in [7, 11) is 1.38. The minimum atomic E-state index is -0.157. The number of hydrogen-bond donors (Lipinski definition) is 0. The van der Waals surface area contributed by atoms with Gasteiger partial charge in [-0.3, -0.25) is 4.79 Å². The number of methoxy groups -OCH3 is 1. The van der Waals surface area contributed by atoms with E-state index >= 15 is 0 Å². The summed E-state index contributed by atoms with van der Waals surface area (Å²) in [6, 6.07) is 0. The van der Waals surface area contributed by atoms with Crippen LogP contribution in [0.4, 0.5) is 0 Å². The van der Waals surface area contributed by atoms with Gasteiger partial charge in [-0.15, -0.1) is 0 Å². The third-order valence-electron chi connectivity index (χ3n) is 0.516. The number of hydrogen-bond acceptors (Lipinski definition) is 2. The molecule has 0 amide bonds. The molecule has 0 saturated heterocycles. The average Bonchev–Trinajstić information content (AvgIpc) is 1.65. The number of carbonyl (C=O) groups is 1. The van der Waals surface area contributed by atoms with Crippen LogP contribution in [0.25, 0.3) is 0 Å². The van der Waals surface area contributed by atoms with E-state index in [0.29, 0.717) is 6.42 Å². The van der Waals surface area contributed by atoms with Crippen LogP contribution in [0.2, 0.25) is 0 Å². The first-order chi connectivity index (χ1) is 2.81. The molecule has 0 heterocycles. The minimum Gasteiger partial charge on any atom is -1.00 e. The second-order valence-electron chi connectivity index (χ2n) is 0.930. The molecule has 0 aromatic heterocycles. The predicted molar refractivity (Wildman–Crippen MR) is 28.1 cm³/mol. The topological polar surface area (TPSA) is 26.3 Å². The summed E-state index contributed by atoms with van der Waals surface area (Å²) in [5.41, 5.74) is 0. The van der Waals surface area contributed by atoms with Gasteiger partial charge in [0, 0.05) is 30.3 Å². The van der Waals surface area contributed by atoms with Gasteiger partial charge in [-0.2, -0.15) is 0 Å². The maximum Gasteiger partial charge on any atom is 0.305 e. The summed E-state index contributed by atoms with van der Waals surface area (Å²) >= 11 is 0. The molecule has 6 heteroatoms. The van der Waals surface area contributed by atoms with E-state index in [9.17, 15) is 4.79 Å². The molecule has 0 aromatic carbocycles. The number of rotatable bonds is 1. The third-order valence-corrected chi connectivity index (χ3v) is 0.516. The molecule has 2 nitrogen and oxygen atoms in total. The van der Waals surface area contributed by atoms with Crippen molar-refractivity contribution in [2.24, 2.45) is 0 Å². The number of carbonyl (C=O) groups excluding carboxylic acids is 1. The number of halogens is 3. The zero-order valence-corrected chi connectivity index (χ0v) is 13.3. The molecule has 0 fully saturated rings. The van der Waals surface area contributed by atoms with Crippen LogP contribution in [0.1, 0.15) is 13.3 Å². The monoisotopic (exact) mass is 445 g/mol. The normalized spacial score (nSPS) is 4.60. The van der Waals surface area contributed by atoms with Crippen LogP contribution in [-0.4, -0.2) is 37.0 Å². The van der Waals surface area contributed by atoms with Crippen LogP contribution in [0, 0.1) is 0 Å². The molecule has 0 aliphatic carbocycles. The van der Waals surface area contributed by atoms with Gasteiger partial charge in [-0.1, -0.05) is 6.92 Å². The third kappa shape index (κ3) is 22.6. The van der Waals surface area contributed by atoms with E-state index in [2.05, 4.69) is 4.74 Å². The largest absolute Gasteiger partial charge is 1.00 e. The van der Waals surface area contributed by atoms with Gasteiger partial charge in [0.1, 0.15) is 0 Å². The van der Waals surface area contributed by atoms with Crippen molar-refractivity contribution in [3.05, 3.63) is 0 Å². The Labute approximate surface area is 110 Å². The molecule has 0 saturated carbocycles. The van der Waals surface area contributed by atoms with Gasteiger partial charge in [-0.25, -0.2) is 0 Å². The molecule has 0 bridgehead atoms. The summed E-state index contributed by atoms with van der Waals surface area (Å²) in [6.07, 6.45) is 0.469. The van der Waals surface area contributed by atoms with E-state index in [1.165, 1.54) is 7.11 Å². The van der Waals surface area contributed by atoms with Crippen molar-refractivity contribution in [3.8, 4) is 0 Å². The Morgan fingerprint density at radius 3 is 1.60 bits per heavy atom. The van der Waals surface area contributed by atoms with Crippen LogP contribution < -0.4 is 50.9 Å². The van der Waals surface area contributed by atoms with E-state index in [1.54, 1.807) is 6.92 Å².